The first-order valence-electron chi connectivity index (χ1n) is 8.79. The largest absolute Gasteiger partial charge is 0.465 e. The summed E-state index contributed by atoms with van der Waals surface area (Å²) in [5, 5.41) is 0.593. The van der Waals surface area contributed by atoms with E-state index in [4.69, 9.17) is 16.3 Å². The molecule has 0 radical (unpaired) electrons. The molecule has 0 unspecified atom stereocenters. The van der Waals surface area contributed by atoms with Crippen molar-refractivity contribution < 1.29 is 18.5 Å². The summed E-state index contributed by atoms with van der Waals surface area (Å²) in [6, 6.07) is 18.7. The molecule has 1 aliphatic rings. The van der Waals surface area contributed by atoms with Gasteiger partial charge in [0.1, 0.15) is 0 Å². The van der Waals surface area contributed by atoms with Crippen molar-refractivity contribution >= 4 is 40.0 Å². The number of hydrogen-bond donors (Lipinski definition) is 0. The summed E-state index contributed by atoms with van der Waals surface area (Å²) in [5.41, 5.74) is 1.92. The van der Waals surface area contributed by atoms with Crippen molar-refractivity contribution in [3.05, 3.63) is 88.4 Å². The van der Waals surface area contributed by atoms with E-state index < -0.39 is 16.8 Å². The maximum absolute atomic E-state index is 13.4. The van der Waals surface area contributed by atoms with Crippen LogP contribution in [0.25, 0.3) is 0 Å². The van der Waals surface area contributed by atoms with E-state index in [1.165, 1.54) is 12.0 Å². The van der Waals surface area contributed by atoms with Gasteiger partial charge in [-0.25, -0.2) is 9.00 Å². The minimum atomic E-state index is -1.57. The lowest BCUT2D eigenvalue weighted by Crippen LogP contribution is -2.30. The molecule has 0 aliphatic carbocycles. The quantitative estimate of drug-likeness (QED) is 0.581. The molecule has 146 valence electrons. The molecule has 4 rings (SSSR count). The van der Waals surface area contributed by atoms with Crippen LogP contribution in [0, 0.1) is 0 Å². The first-order chi connectivity index (χ1) is 14.0. The van der Waals surface area contributed by atoms with Crippen LogP contribution in [0.4, 0.5) is 5.69 Å². The summed E-state index contributed by atoms with van der Waals surface area (Å²) in [5.74, 6) is -0.816. The highest BCUT2D eigenvalue weighted by Crippen LogP contribution is 2.36. The number of esters is 1. The zero-order valence-corrected chi connectivity index (χ0v) is 17.0. The number of hydrogen-bond acceptors (Lipinski definition) is 4. The van der Waals surface area contributed by atoms with Crippen molar-refractivity contribution in [1.29, 1.82) is 0 Å². The van der Waals surface area contributed by atoms with E-state index in [-0.39, 0.29) is 18.0 Å². The van der Waals surface area contributed by atoms with Gasteiger partial charge < -0.3 is 9.64 Å². The molecule has 1 heterocycles. The highest BCUT2D eigenvalue weighted by Gasteiger charge is 2.31. The predicted molar refractivity (Wildman–Crippen MR) is 111 cm³/mol. The molecule has 5 nitrogen and oxygen atoms in total. The first-order valence-corrected chi connectivity index (χ1v) is 10.3. The molecule has 7 heteroatoms. The third-order valence-electron chi connectivity index (χ3n) is 4.69. The smallest absolute Gasteiger partial charge is 0.337 e. The third kappa shape index (κ3) is 3.57. The highest BCUT2D eigenvalue weighted by atomic mass is 35.5. The lowest BCUT2D eigenvalue weighted by atomic mass is 10.1. The maximum atomic E-state index is 13.4. The number of amides is 1. The summed E-state index contributed by atoms with van der Waals surface area (Å²) in [4.78, 5) is 27.9. The van der Waals surface area contributed by atoms with E-state index in [9.17, 15) is 13.8 Å². The number of carbonyl (C=O) groups is 2. The Bertz CT molecular complexity index is 1140. The Hall–Kier alpha value is -2.96. The van der Waals surface area contributed by atoms with Gasteiger partial charge in [-0.2, -0.15) is 0 Å². The average Bonchev–Trinajstić information content (AvgIpc) is 2.84. The van der Waals surface area contributed by atoms with E-state index >= 15 is 0 Å². The second-order valence-electron chi connectivity index (χ2n) is 6.46. The second kappa shape index (κ2) is 7.81. The van der Waals surface area contributed by atoms with Gasteiger partial charge in [0.25, 0.3) is 5.91 Å². The Morgan fingerprint density at radius 1 is 1.03 bits per heavy atom. The maximum Gasteiger partial charge on any atom is 0.337 e. The van der Waals surface area contributed by atoms with E-state index in [0.29, 0.717) is 26.1 Å². The summed E-state index contributed by atoms with van der Waals surface area (Å²) in [7, 11) is -0.279. The standard InChI is InChI=1S/C22H16ClNO4S/c1-28-22(26)15-8-11-20-18(12-15)24(13-14-6-9-16(23)10-7-14)21(25)17-4-2-3-5-19(17)29(20)27/h2-12H,13H2,1H3/t29-/m0/s1. The lowest BCUT2D eigenvalue weighted by Gasteiger charge is -2.23. The van der Waals surface area contributed by atoms with Crippen LogP contribution in [0.1, 0.15) is 26.3 Å². The average molecular weight is 426 g/mol. The van der Waals surface area contributed by atoms with E-state index in [2.05, 4.69) is 0 Å². The van der Waals surface area contributed by atoms with Crippen LogP contribution in [-0.4, -0.2) is 23.2 Å². The molecule has 3 aromatic rings. The van der Waals surface area contributed by atoms with Gasteiger partial charge in [-0.05, 0) is 48.0 Å². The third-order valence-corrected chi connectivity index (χ3v) is 6.44. The summed E-state index contributed by atoms with van der Waals surface area (Å²) >= 11 is 5.98. The predicted octanol–water partition coefficient (Wildman–Crippen LogP) is 4.45. The van der Waals surface area contributed by atoms with E-state index in [0.717, 1.165) is 5.56 Å². The number of benzene rings is 3. The number of fused-ring (bicyclic) bond motifs is 2. The van der Waals surface area contributed by atoms with Gasteiger partial charge >= 0.3 is 5.97 Å². The summed E-state index contributed by atoms with van der Waals surface area (Å²) in [6.07, 6.45) is 0. The fraction of sp³-hybridized carbons (Fsp3) is 0.0909. The summed E-state index contributed by atoms with van der Waals surface area (Å²) in [6.45, 7) is 0.235. The molecule has 1 aliphatic heterocycles. The van der Waals surface area contributed by atoms with Crippen LogP contribution in [-0.2, 0) is 22.1 Å². The molecule has 0 fully saturated rings. The van der Waals surface area contributed by atoms with Gasteiger partial charge in [-0.3, -0.25) is 4.79 Å². The van der Waals surface area contributed by atoms with Crippen LogP contribution in [0.5, 0.6) is 0 Å². The van der Waals surface area contributed by atoms with Crippen molar-refractivity contribution in [2.45, 2.75) is 16.3 Å². The van der Waals surface area contributed by atoms with Gasteiger partial charge in [0.05, 0.1) is 51.1 Å². The fourth-order valence-electron chi connectivity index (χ4n) is 3.24. The van der Waals surface area contributed by atoms with Gasteiger partial charge in [-0.1, -0.05) is 35.9 Å². The SMILES string of the molecule is COC(=O)c1ccc2c(c1)N(Cc1ccc(Cl)cc1)C(=O)c1ccccc1[S@@]2=O. The number of carbonyl (C=O) groups excluding carboxylic acids is 2. The van der Waals surface area contributed by atoms with Gasteiger partial charge in [0, 0.05) is 5.02 Å². The molecule has 29 heavy (non-hydrogen) atoms. The Morgan fingerprint density at radius 3 is 2.48 bits per heavy atom. The van der Waals surface area contributed by atoms with Crippen molar-refractivity contribution in [3.8, 4) is 0 Å². The van der Waals surface area contributed by atoms with Crippen molar-refractivity contribution in [2.75, 3.05) is 12.0 Å². The number of rotatable bonds is 3. The molecule has 0 spiro atoms. The highest BCUT2D eigenvalue weighted by molar-refractivity contribution is 7.85. The molecule has 0 saturated carbocycles. The van der Waals surface area contributed by atoms with Gasteiger partial charge in [0.15, 0.2) is 0 Å². The van der Waals surface area contributed by atoms with Crippen LogP contribution < -0.4 is 4.90 Å². The normalized spacial score (nSPS) is 15.3. The van der Waals surface area contributed by atoms with E-state index in [1.807, 2.05) is 12.1 Å². The molecular formula is C22H16ClNO4S. The van der Waals surface area contributed by atoms with Gasteiger partial charge in [-0.15, -0.1) is 0 Å². The van der Waals surface area contributed by atoms with Crippen LogP contribution >= 0.6 is 11.6 Å². The molecular weight excluding hydrogens is 410 g/mol. The first kappa shape index (κ1) is 19.4. The van der Waals surface area contributed by atoms with Crippen LogP contribution in [0.2, 0.25) is 5.02 Å². The molecule has 1 atom stereocenters. The molecule has 1 amide bonds. The number of nitrogens with zero attached hydrogens (tertiary/aromatic N) is 1. The zero-order chi connectivity index (χ0) is 20.5. The van der Waals surface area contributed by atoms with Gasteiger partial charge in [0.2, 0.25) is 0 Å². The molecule has 0 aromatic heterocycles. The number of anilines is 1. The Kier molecular flexibility index (Phi) is 5.22. The van der Waals surface area contributed by atoms with Crippen molar-refractivity contribution in [2.24, 2.45) is 0 Å². The lowest BCUT2D eigenvalue weighted by molar-refractivity contribution is 0.0600. The van der Waals surface area contributed by atoms with Crippen molar-refractivity contribution in [3.63, 3.8) is 0 Å². The molecule has 0 saturated heterocycles. The Morgan fingerprint density at radius 2 is 1.76 bits per heavy atom. The molecule has 3 aromatic carbocycles. The molecule has 0 N–H and O–H groups in total. The topological polar surface area (TPSA) is 63.7 Å². The Labute approximate surface area is 175 Å². The summed E-state index contributed by atoms with van der Waals surface area (Å²) < 4.78 is 18.1. The minimum Gasteiger partial charge on any atom is -0.465 e. The monoisotopic (exact) mass is 425 g/mol. The fourth-order valence-corrected chi connectivity index (χ4v) is 4.71. The van der Waals surface area contributed by atoms with Crippen LogP contribution in [0.15, 0.2) is 76.5 Å². The van der Waals surface area contributed by atoms with Crippen molar-refractivity contribution in [1.82, 2.24) is 0 Å². The van der Waals surface area contributed by atoms with E-state index in [1.54, 1.807) is 54.6 Å². The number of halogens is 1. The second-order valence-corrected chi connectivity index (χ2v) is 8.31. The number of ether oxygens (including phenoxy) is 1. The Balaban J connectivity index is 1.91. The number of methoxy groups -OCH3 is 1. The zero-order valence-electron chi connectivity index (χ0n) is 15.4. The molecule has 0 bridgehead atoms. The van der Waals surface area contributed by atoms with Crippen LogP contribution in [0.3, 0.4) is 0 Å². The minimum absolute atomic E-state index is 0.235.